The van der Waals surface area contributed by atoms with Crippen LogP contribution in [0, 0.1) is 20.8 Å². The van der Waals surface area contributed by atoms with Gasteiger partial charge in [-0.2, -0.15) is 0 Å². The zero-order valence-corrected chi connectivity index (χ0v) is 16.1. The molecule has 0 aliphatic carbocycles. The number of hydrogen-bond acceptors (Lipinski definition) is 5. The fourth-order valence-corrected chi connectivity index (χ4v) is 3.39. The Bertz CT molecular complexity index is 941. The van der Waals surface area contributed by atoms with Crippen molar-refractivity contribution < 1.29 is 22.7 Å². The third-order valence-corrected chi connectivity index (χ3v) is 4.95. The SMILES string of the molecule is Cc1cc(C)c(C(=O)COC(=O)c2ccc(CS(C)(=O)=O)cc2)cc1C. The van der Waals surface area contributed by atoms with E-state index in [1.807, 2.05) is 26.8 Å². The van der Waals surface area contributed by atoms with E-state index in [9.17, 15) is 18.0 Å². The van der Waals surface area contributed by atoms with Crippen LogP contribution in [-0.2, 0) is 20.3 Å². The summed E-state index contributed by atoms with van der Waals surface area (Å²) in [6, 6.07) is 9.86. The zero-order valence-electron chi connectivity index (χ0n) is 15.3. The number of Topliss-reactive ketones (excluding diaryl/α,β-unsaturated/α-hetero) is 1. The van der Waals surface area contributed by atoms with E-state index in [2.05, 4.69) is 0 Å². The number of rotatable bonds is 6. The molecule has 0 bridgehead atoms. The lowest BCUT2D eigenvalue weighted by molar-refractivity contribution is 0.0474. The van der Waals surface area contributed by atoms with Crippen LogP contribution in [0.25, 0.3) is 0 Å². The van der Waals surface area contributed by atoms with Gasteiger partial charge in [0.05, 0.1) is 11.3 Å². The van der Waals surface area contributed by atoms with E-state index in [0.717, 1.165) is 22.9 Å². The highest BCUT2D eigenvalue weighted by Gasteiger charge is 2.15. The molecule has 0 atom stereocenters. The molecule has 2 aromatic rings. The monoisotopic (exact) mass is 374 g/mol. The van der Waals surface area contributed by atoms with Gasteiger partial charge in [-0.05, 0) is 61.2 Å². The van der Waals surface area contributed by atoms with Gasteiger partial charge in [-0.3, -0.25) is 4.79 Å². The van der Waals surface area contributed by atoms with Gasteiger partial charge in [0.15, 0.2) is 16.4 Å². The van der Waals surface area contributed by atoms with Crippen LogP contribution in [0.3, 0.4) is 0 Å². The van der Waals surface area contributed by atoms with E-state index in [1.165, 1.54) is 12.1 Å². The van der Waals surface area contributed by atoms with Crippen molar-refractivity contribution in [2.45, 2.75) is 26.5 Å². The molecule has 0 amide bonds. The highest BCUT2D eigenvalue weighted by atomic mass is 32.2. The Morgan fingerprint density at radius 2 is 1.50 bits per heavy atom. The second kappa shape index (κ2) is 7.83. The Labute approximate surface area is 153 Å². The Hall–Kier alpha value is -2.47. The van der Waals surface area contributed by atoms with Crippen molar-refractivity contribution in [1.29, 1.82) is 0 Å². The first kappa shape index (κ1) is 19.8. The molecular formula is C20H22O5S. The molecule has 0 unspecified atom stereocenters. The number of hydrogen-bond donors (Lipinski definition) is 0. The van der Waals surface area contributed by atoms with E-state index in [-0.39, 0.29) is 23.7 Å². The largest absolute Gasteiger partial charge is 0.454 e. The molecule has 0 N–H and O–H groups in total. The second-order valence-corrected chi connectivity index (χ2v) is 8.66. The molecular weight excluding hydrogens is 352 g/mol. The van der Waals surface area contributed by atoms with Crippen LogP contribution < -0.4 is 0 Å². The van der Waals surface area contributed by atoms with Crippen LogP contribution in [0.1, 0.15) is 43.0 Å². The average Bonchev–Trinajstić information content (AvgIpc) is 2.55. The molecule has 0 spiro atoms. The average molecular weight is 374 g/mol. The second-order valence-electron chi connectivity index (χ2n) is 6.52. The molecule has 0 aliphatic rings. The minimum absolute atomic E-state index is 0.0904. The fraction of sp³-hybridized carbons (Fsp3) is 0.300. The summed E-state index contributed by atoms with van der Waals surface area (Å²) in [6.45, 7) is 5.41. The molecule has 2 aromatic carbocycles. The number of ether oxygens (including phenoxy) is 1. The molecule has 2 rings (SSSR count). The van der Waals surface area contributed by atoms with Gasteiger partial charge in [0, 0.05) is 11.8 Å². The van der Waals surface area contributed by atoms with Gasteiger partial charge in [0.2, 0.25) is 5.78 Å². The Morgan fingerprint density at radius 3 is 2.08 bits per heavy atom. The number of carbonyl (C=O) groups excluding carboxylic acids is 2. The van der Waals surface area contributed by atoms with Gasteiger partial charge < -0.3 is 4.74 Å². The number of benzene rings is 2. The molecule has 0 fully saturated rings. The van der Waals surface area contributed by atoms with Gasteiger partial charge in [-0.15, -0.1) is 0 Å². The van der Waals surface area contributed by atoms with Crippen molar-refractivity contribution in [3.05, 3.63) is 69.8 Å². The minimum atomic E-state index is -3.13. The lowest BCUT2D eigenvalue weighted by atomic mass is 9.98. The van der Waals surface area contributed by atoms with E-state index in [4.69, 9.17) is 4.74 Å². The van der Waals surface area contributed by atoms with Crippen LogP contribution >= 0.6 is 0 Å². The molecule has 6 heteroatoms. The summed E-state index contributed by atoms with van der Waals surface area (Å²) in [6.07, 6.45) is 1.15. The number of ketones is 1. The van der Waals surface area contributed by atoms with Crippen molar-refractivity contribution in [1.82, 2.24) is 0 Å². The van der Waals surface area contributed by atoms with Crippen molar-refractivity contribution in [2.24, 2.45) is 0 Å². The summed E-state index contributed by atoms with van der Waals surface area (Å²) in [5.74, 6) is -0.967. The van der Waals surface area contributed by atoms with Crippen molar-refractivity contribution in [3.63, 3.8) is 0 Å². The third kappa shape index (κ3) is 5.26. The maximum atomic E-state index is 12.3. The highest BCUT2D eigenvalue weighted by Crippen LogP contribution is 2.16. The number of carbonyl (C=O) groups is 2. The topological polar surface area (TPSA) is 77.5 Å². The molecule has 5 nitrogen and oxygen atoms in total. The van der Waals surface area contributed by atoms with Crippen LogP contribution in [0.4, 0.5) is 0 Å². The van der Waals surface area contributed by atoms with Crippen molar-refractivity contribution in [3.8, 4) is 0 Å². The molecule has 26 heavy (non-hydrogen) atoms. The molecule has 0 aromatic heterocycles. The normalized spacial score (nSPS) is 11.2. The van der Waals surface area contributed by atoms with Gasteiger partial charge in [-0.1, -0.05) is 18.2 Å². The van der Waals surface area contributed by atoms with Crippen LogP contribution in [-0.4, -0.2) is 33.0 Å². The van der Waals surface area contributed by atoms with Gasteiger partial charge in [0.25, 0.3) is 0 Å². The Morgan fingerprint density at radius 1 is 0.923 bits per heavy atom. The molecule has 138 valence electrons. The summed E-state index contributed by atoms with van der Waals surface area (Å²) < 4.78 is 27.7. The van der Waals surface area contributed by atoms with Gasteiger partial charge in [0.1, 0.15) is 0 Å². The van der Waals surface area contributed by atoms with E-state index < -0.39 is 15.8 Å². The number of aryl methyl sites for hydroxylation is 3. The van der Waals surface area contributed by atoms with Crippen LogP contribution in [0.2, 0.25) is 0 Å². The Kier molecular flexibility index (Phi) is 5.97. The van der Waals surface area contributed by atoms with Gasteiger partial charge >= 0.3 is 5.97 Å². The van der Waals surface area contributed by atoms with Gasteiger partial charge in [-0.25, -0.2) is 13.2 Å². The maximum Gasteiger partial charge on any atom is 0.338 e. The number of esters is 1. The summed E-state index contributed by atoms with van der Waals surface area (Å²) in [7, 11) is -3.13. The summed E-state index contributed by atoms with van der Waals surface area (Å²) in [5, 5.41) is 0. The predicted octanol–water partition coefficient (Wildman–Crippen LogP) is 3.20. The zero-order chi connectivity index (χ0) is 19.5. The smallest absolute Gasteiger partial charge is 0.338 e. The summed E-state index contributed by atoms with van der Waals surface area (Å²) in [5.41, 5.74) is 4.36. The third-order valence-electron chi connectivity index (χ3n) is 4.09. The summed E-state index contributed by atoms with van der Waals surface area (Å²) in [4.78, 5) is 24.4. The fourth-order valence-electron chi connectivity index (χ4n) is 2.59. The highest BCUT2D eigenvalue weighted by molar-refractivity contribution is 7.89. The van der Waals surface area contributed by atoms with Crippen LogP contribution in [0.5, 0.6) is 0 Å². The van der Waals surface area contributed by atoms with E-state index in [1.54, 1.807) is 18.2 Å². The lowest BCUT2D eigenvalue weighted by Gasteiger charge is -2.10. The molecule has 0 aliphatic heterocycles. The first-order valence-electron chi connectivity index (χ1n) is 8.11. The first-order chi connectivity index (χ1) is 12.1. The van der Waals surface area contributed by atoms with E-state index >= 15 is 0 Å². The Balaban J connectivity index is 2.02. The lowest BCUT2D eigenvalue weighted by Crippen LogP contribution is -2.15. The van der Waals surface area contributed by atoms with Crippen molar-refractivity contribution in [2.75, 3.05) is 12.9 Å². The molecule has 0 saturated heterocycles. The molecule has 0 heterocycles. The molecule has 0 radical (unpaired) electrons. The standard InChI is InChI=1S/C20H22O5S/c1-13-9-15(3)18(10-14(13)2)19(21)11-25-20(22)17-7-5-16(6-8-17)12-26(4,23)24/h5-10H,11-12H2,1-4H3. The summed E-state index contributed by atoms with van der Waals surface area (Å²) >= 11 is 0. The van der Waals surface area contributed by atoms with Crippen molar-refractivity contribution >= 4 is 21.6 Å². The number of sulfone groups is 1. The quantitative estimate of drug-likeness (QED) is 0.573. The molecule has 0 saturated carbocycles. The van der Waals surface area contributed by atoms with E-state index in [0.29, 0.717) is 11.1 Å². The van der Waals surface area contributed by atoms with Crippen LogP contribution in [0.15, 0.2) is 36.4 Å². The predicted molar refractivity (Wildman–Crippen MR) is 100 cm³/mol. The first-order valence-corrected chi connectivity index (χ1v) is 10.2. The maximum absolute atomic E-state index is 12.3. The minimum Gasteiger partial charge on any atom is -0.454 e.